The minimum Gasteiger partial charge on any atom is -0.355 e. The van der Waals surface area contributed by atoms with E-state index in [1.807, 2.05) is 0 Å². The van der Waals surface area contributed by atoms with Crippen molar-refractivity contribution in [2.24, 2.45) is 42.3 Å². The third-order valence-corrected chi connectivity index (χ3v) is 13.8. The lowest BCUT2D eigenvalue weighted by Gasteiger charge is -2.26. The monoisotopic (exact) mass is 1200 g/mol. The zero-order valence-electron chi connectivity index (χ0n) is 49.0. The molecule has 0 aliphatic carbocycles. The summed E-state index contributed by atoms with van der Waals surface area (Å²) in [5.74, 6) is -4.22. The van der Waals surface area contributed by atoms with E-state index in [-0.39, 0.29) is 115 Å². The topological polar surface area (TPSA) is 391 Å². The number of H-pyrrole nitrogens is 1. The molecule has 0 bridgehead atoms. The number of nitrogens with zero attached hydrogens (tertiary/aromatic N) is 11. The molecular formula is C55H70N22O10. The molecule has 1 aliphatic rings. The number of aromatic nitrogens is 11. The van der Waals surface area contributed by atoms with Gasteiger partial charge in [-0.2, -0.15) is 0 Å². The molecule has 1 aliphatic heterocycles. The van der Waals surface area contributed by atoms with Crippen LogP contribution in [0, 0.1) is 0 Å². The highest BCUT2D eigenvalue weighted by Gasteiger charge is 2.23. The number of rotatable bonds is 27. The van der Waals surface area contributed by atoms with Crippen molar-refractivity contribution in [1.29, 1.82) is 0 Å². The number of anilines is 6. The minimum absolute atomic E-state index is 0.00516. The number of aromatic amines is 1. The summed E-state index contributed by atoms with van der Waals surface area (Å²) in [6.07, 6.45) is 16.6. The Kier molecular flexibility index (Phi) is 20.6. The maximum Gasteiger partial charge on any atom is 0.291 e. The van der Waals surface area contributed by atoms with Crippen molar-refractivity contribution in [3.05, 3.63) is 108 Å². The quantitative estimate of drug-likeness (QED) is 0.0326. The number of nitrogens with one attached hydrogen (secondary N) is 11. The maximum absolute atomic E-state index is 13.3. The van der Waals surface area contributed by atoms with Gasteiger partial charge >= 0.3 is 0 Å². The largest absolute Gasteiger partial charge is 0.355 e. The zero-order valence-corrected chi connectivity index (χ0v) is 49.0. The molecule has 0 aromatic carbocycles. The highest BCUT2D eigenvalue weighted by Crippen LogP contribution is 2.19. The molecule has 0 radical (unpaired) electrons. The van der Waals surface area contributed by atoms with Crippen molar-refractivity contribution in [2.75, 3.05) is 77.7 Å². The molecule has 7 aromatic rings. The molecule has 0 unspecified atom stereocenters. The number of hydrogen-bond acceptors (Lipinski definition) is 15. The van der Waals surface area contributed by atoms with E-state index in [0.717, 1.165) is 26.1 Å². The third kappa shape index (κ3) is 17.0. The number of carbonyl (C=O) groups excluding carboxylic acids is 10. The lowest BCUT2D eigenvalue weighted by molar-refractivity contribution is -0.117. The smallest absolute Gasteiger partial charge is 0.291 e. The van der Waals surface area contributed by atoms with Gasteiger partial charge in [0.1, 0.15) is 17.1 Å². The molecule has 0 spiro atoms. The van der Waals surface area contributed by atoms with Crippen molar-refractivity contribution in [2.45, 2.75) is 51.4 Å². The van der Waals surface area contributed by atoms with E-state index in [1.54, 1.807) is 59.2 Å². The van der Waals surface area contributed by atoms with Crippen molar-refractivity contribution in [3.8, 4) is 0 Å². The van der Waals surface area contributed by atoms with Crippen LogP contribution < -0.4 is 53.2 Å². The van der Waals surface area contributed by atoms with Crippen molar-refractivity contribution >= 4 is 93.6 Å². The molecule has 0 atom stereocenters. The fraction of sp³-hybridized carbons (Fsp3) is 0.382. The summed E-state index contributed by atoms with van der Waals surface area (Å²) in [7, 11) is 9.72. The van der Waals surface area contributed by atoms with Crippen LogP contribution in [0.5, 0.6) is 0 Å². The predicted octanol–water partition coefficient (Wildman–Crippen LogP) is 1.65. The maximum atomic E-state index is 13.3. The highest BCUT2D eigenvalue weighted by molar-refractivity contribution is 6.06. The van der Waals surface area contributed by atoms with Gasteiger partial charge < -0.3 is 90.5 Å². The van der Waals surface area contributed by atoms with Crippen LogP contribution in [0.3, 0.4) is 0 Å². The van der Waals surface area contributed by atoms with Gasteiger partial charge in [-0.15, -0.1) is 0 Å². The average Bonchev–Trinajstić information content (AvgIpc) is 4.17. The van der Waals surface area contributed by atoms with E-state index in [2.05, 4.69) is 83.0 Å². The molecule has 0 saturated carbocycles. The van der Waals surface area contributed by atoms with Gasteiger partial charge in [0.15, 0.2) is 23.3 Å². The Morgan fingerprint density at radius 1 is 0.437 bits per heavy atom. The van der Waals surface area contributed by atoms with Crippen LogP contribution in [0.15, 0.2) is 67.8 Å². The summed E-state index contributed by atoms with van der Waals surface area (Å²) in [5.41, 5.74) is 1.55. The fourth-order valence-electron chi connectivity index (χ4n) is 9.36. The highest BCUT2D eigenvalue weighted by atomic mass is 16.2. The van der Waals surface area contributed by atoms with Crippen LogP contribution >= 0.6 is 0 Å². The zero-order chi connectivity index (χ0) is 62.3. The first kappa shape index (κ1) is 62.4. The van der Waals surface area contributed by atoms with Gasteiger partial charge in [0.2, 0.25) is 35.2 Å². The third-order valence-electron chi connectivity index (χ3n) is 13.8. The molecule has 1 fully saturated rings. The van der Waals surface area contributed by atoms with E-state index >= 15 is 0 Å². The number of piperidine rings is 1. The lowest BCUT2D eigenvalue weighted by Crippen LogP contribution is -2.33. The van der Waals surface area contributed by atoms with Gasteiger partial charge in [-0.25, -0.2) is 19.9 Å². The molecule has 11 N–H and O–H groups in total. The van der Waals surface area contributed by atoms with E-state index in [0.29, 0.717) is 17.9 Å². The van der Waals surface area contributed by atoms with Crippen LogP contribution in [-0.4, -0.2) is 162 Å². The van der Waals surface area contributed by atoms with Gasteiger partial charge in [0, 0.05) is 137 Å². The second-order valence-electron chi connectivity index (χ2n) is 20.7. The molecule has 8 rings (SSSR count). The SMILES string of the molecule is Cn1cc(NC(=O)c2nc(NC(=O)CCNC(=O)c3cc(NC(=O)c4nccn4C)cn3C)cn2C)cc1C(=O)NCCCC(=O)Nc1cn(C)c(C(=O)NCCC(=O)Nc2c[nH]c(C(=O)Nc3cn(C)c(C(=O)NCCCN4CCCCC4)n3)c2)n1. The second-order valence-corrected chi connectivity index (χ2v) is 20.7. The molecule has 7 aromatic heterocycles. The van der Waals surface area contributed by atoms with E-state index in [9.17, 15) is 47.9 Å². The van der Waals surface area contributed by atoms with E-state index < -0.39 is 53.2 Å². The first-order chi connectivity index (χ1) is 41.7. The molecule has 460 valence electrons. The standard InChI is InChI=1S/C55H70N22O10/c1-71-23-19-56-45(71)54(86)63-34-25-38(73(3)28-34)51(83)59-17-14-44(80)66-40-31-76(6)48(68-40)55(87)64-35-26-37(72(2)29-35)50(82)57-15-10-12-42(78)65-39-30-74(4)47(67-39)53(85)60-18-13-43(79)62-33-24-36(61-27-33)49(81)70-41-32-75(5)46(69-41)52(84)58-16-11-22-77-20-8-7-9-21-77/h19,23-32,61H,7-18,20-22H2,1-6H3,(H,57,82)(H,58,84)(H,59,83)(H,60,85)(H,62,79)(H,63,86)(H,64,87)(H,65,78)(H,66,80)(H,70,81). The Hall–Kier alpha value is -10.7. The fourth-order valence-corrected chi connectivity index (χ4v) is 9.36. The molecule has 32 heteroatoms. The molecule has 10 amide bonds. The lowest BCUT2D eigenvalue weighted by atomic mass is 10.1. The van der Waals surface area contributed by atoms with Crippen molar-refractivity contribution in [1.82, 2.24) is 78.5 Å². The van der Waals surface area contributed by atoms with Gasteiger partial charge in [-0.05, 0) is 63.5 Å². The minimum atomic E-state index is -0.627. The summed E-state index contributed by atoms with van der Waals surface area (Å²) in [6, 6.07) is 4.39. The Morgan fingerprint density at radius 2 is 0.908 bits per heavy atom. The number of aryl methyl sites for hydroxylation is 6. The van der Waals surface area contributed by atoms with Crippen molar-refractivity contribution < 1.29 is 47.9 Å². The summed E-state index contributed by atoms with van der Waals surface area (Å²) in [6.45, 7) is 3.63. The predicted molar refractivity (Wildman–Crippen MR) is 317 cm³/mol. The number of hydrogen-bond donors (Lipinski definition) is 11. The van der Waals surface area contributed by atoms with Crippen LogP contribution in [-0.2, 0) is 56.7 Å². The number of imidazole rings is 4. The summed E-state index contributed by atoms with van der Waals surface area (Å²) in [4.78, 5) is 151. The Bertz CT molecular complexity index is 3700. The normalized spacial score (nSPS) is 12.2. The Labute approximate surface area is 498 Å². The number of carbonyl (C=O) groups is 10. The van der Waals surface area contributed by atoms with E-state index in [1.165, 1.54) is 97.5 Å². The van der Waals surface area contributed by atoms with Gasteiger partial charge in [-0.1, -0.05) is 6.42 Å². The summed E-state index contributed by atoms with van der Waals surface area (Å²) in [5, 5.41) is 26.9. The first-order valence-electron chi connectivity index (χ1n) is 27.9. The van der Waals surface area contributed by atoms with Crippen LogP contribution in [0.25, 0.3) is 0 Å². The summed E-state index contributed by atoms with van der Waals surface area (Å²) >= 11 is 0. The molecule has 8 heterocycles. The Balaban J connectivity index is 0.688. The van der Waals surface area contributed by atoms with Gasteiger partial charge in [-0.3, -0.25) is 47.9 Å². The first-order valence-corrected chi connectivity index (χ1v) is 27.9. The second kappa shape index (κ2) is 28.8. The summed E-state index contributed by atoms with van der Waals surface area (Å²) < 4.78 is 8.95. The molecular weight excluding hydrogens is 1130 g/mol. The van der Waals surface area contributed by atoms with Crippen LogP contribution in [0.2, 0.25) is 0 Å². The number of amides is 10. The van der Waals surface area contributed by atoms with Crippen molar-refractivity contribution in [3.63, 3.8) is 0 Å². The average molecular weight is 1200 g/mol. The molecule has 32 nitrogen and oxygen atoms in total. The van der Waals surface area contributed by atoms with Gasteiger partial charge in [0.25, 0.3) is 41.4 Å². The van der Waals surface area contributed by atoms with E-state index in [4.69, 9.17) is 0 Å². The Morgan fingerprint density at radius 3 is 1.46 bits per heavy atom. The molecule has 87 heavy (non-hydrogen) atoms. The van der Waals surface area contributed by atoms with Crippen LogP contribution in [0.4, 0.5) is 34.5 Å². The molecule has 1 saturated heterocycles. The van der Waals surface area contributed by atoms with Gasteiger partial charge in [0.05, 0.1) is 17.1 Å². The number of likely N-dealkylation sites (tertiary alicyclic amines) is 1. The van der Waals surface area contributed by atoms with Crippen LogP contribution in [0.1, 0.15) is 125 Å².